The van der Waals surface area contributed by atoms with Crippen LogP contribution in [0.1, 0.15) is 24.2 Å². The summed E-state index contributed by atoms with van der Waals surface area (Å²) in [6.45, 7) is 1.90. The zero-order valence-electron chi connectivity index (χ0n) is 10.6. The van der Waals surface area contributed by atoms with Gasteiger partial charge in [0, 0.05) is 11.1 Å². The molecule has 0 saturated carbocycles. The average molecular weight is 301 g/mol. The monoisotopic (exact) mass is 300 g/mol. The number of rotatable bonds is 3. The highest BCUT2D eigenvalue weighted by Gasteiger charge is 2.32. The van der Waals surface area contributed by atoms with E-state index >= 15 is 0 Å². The number of anilines is 1. The van der Waals surface area contributed by atoms with E-state index in [2.05, 4.69) is 10.3 Å². The summed E-state index contributed by atoms with van der Waals surface area (Å²) in [5.41, 5.74) is 0.608. The van der Waals surface area contributed by atoms with E-state index in [-0.39, 0.29) is 6.04 Å². The molecule has 1 heterocycles. The van der Waals surface area contributed by atoms with Gasteiger partial charge >= 0.3 is 6.18 Å². The van der Waals surface area contributed by atoms with Crippen molar-refractivity contribution in [2.24, 2.45) is 0 Å². The molecule has 2 aromatic rings. The molecule has 0 radical (unpaired) electrons. The number of nitrogens with one attached hydrogen (secondary N) is 1. The third-order valence-electron chi connectivity index (χ3n) is 2.81. The first kappa shape index (κ1) is 14.7. The summed E-state index contributed by atoms with van der Waals surface area (Å²) in [7, 11) is 0. The van der Waals surface area contributed by atoms with E-state index in [0.29, 0.717) is 10.7 Å². The second-order valence-electron chi connectivity index (χ2n) is 4.35. The van der Waals surface area contributed by atoms with Crippen LogP contribution < -0.4 is 5.32 Å². The van der Waals surface area contributed by atoms with Gasteiger partial charge in [-0.15, -0.1) is 0 Å². The molecular formula is C14H12ClF3N2. The van der Waals surface area contributed by atoms with Gasteiger partial charge in [-0.25, -0.2) is 4.98 Å². The first-order valence-corrected chi connectivity index (χ1v) is 6.29. The second kappa shape index (κ2) is 5.71. The maximum atomic E-state index is 12.4. The van der Waals surface area contributed by atoms with Gasteiger partial charge in [0.15, 0.2) is 0 Å². The molecule has 0 saturated heterocycles. The summed E-state index contributed by atoms with van der Waals surface area (Å²) in [5.74, 6) is 0. The number of nitrogens with zero attached hydrogens (tertiary/aromatic N) is 1. The number of hydrogen-bond acceptors (Lipinski definition) is 2. The number of aromatic nitrogens is 1. The highest BCUT2D eigenvalue weighted by atomic mass is 35.5. The van der Waals surface area contributed by atoms with Crippen LogP contribution in [0.3, 0.4) is 0 Å². The average Bonchev–Trinajstić information content (AvgIpc) is 2.39. The molecule has 2 rings (SSSR count). The van der Waals surface area contributed by atoms with Crippen molar-refractivity contribution in [3.8, 4) is 0 Å². The number of pyridine rings is 1. The Kier molecular flexibility index (Phi) is 4.18. The van der Waals surface area contributed by atoms with Crippen LogP contribution >= 0.6 is 11.6 Å². The first-order chi connectivity index (χ1) is 9.36. The minimum Gasteiger partial charge on any atom is -0.377 e. The van der Waals surface area contributed by atoms with E-state index in [1.54, 1.807) is 12.1 Å². The van der Waals surface area contributed by atoms with Gasteiger partial charge < -0.3 is 5.32 Å². The first-order valence-electron chi connectivity index (χ1n) is 5.91. The van der Waals surface area contributed by atoms with Crippen LogP contribution in [0, 0.1) is 0 Å². The Bertz CT molecular complexity index is 564. The number of alkyl halides is 3. The topological polar surface area (TPSA) is 24.9 Å². The smallest absolute Gasteiger partial charge is 0.377 e. The maximum absolute atomic E-state index is 12.4. The van der Waals surface area contributed by atoms with Crippen molar-refractivity contribution in [3.63, 3.8) is 0 Å². The Balaban J connectivity index is 2.08. The van der Waals surface area contributed by atoms with Gasteiger partial charge in [-0.05, 0) is 36.8 Å². The van der Waals surface area contributed by atoms with Crippen LogP contribution in [0.25, 0.3) is 0 Å². The highest BCUT2D eigenvalue weighted by Crippen LogP contribution is 2.28. The van der Waals surface area contributed by atoms with E-state index in [1.165, 1.54) is 12.3 Å². The summed E-state index contributed by atoms with van der Waals surface area (Å²) in [4.78, 5) is 3.40. The van der Waals surface area contributed by atoms with Gasteiger partial charge in [0.25, 0.3) is 0 Å². The lowest BCUT2D eigenvalue weighted by Gasteiger charge is -2.16. The van der Waals surface area contributed by atoms with E-state index in [1.807, 2.05) is 19.1 Å². The molecule has 0 bridgehead atoms. The Hall–Kier alpha value is -1.75. The van der Waals surface area contributed by atoms with Crippen LogP contribution in [0.5, 0.6) is 0 Å². The molecular weight excluding hydrogens is 289 g/mol. The maximum Gasteiger partial charge on any atom is 0.433 e. The van der Waals surface area contributed by atoms with Gasteiger partial charge in [0.05, 0.1) is 11.9 Å². The Morgan fingerprint density at radius 2 is 1.75 bits per heavy atom. The minimum absolute atomic E-state index is 0.0641. The zero-order valence-corrected chi connectivity index (χ0v) is 11.3. The molecule has 20 heavy (non-hydrogen) atoms. The van der Waals surface area contributed by atoms with Gasteiger partial charge in [0.2, 0.25) is 0 Å². The van der Waals surface area contributed by atoms with Crippen LogP contribution in [-0.4, -0.2) is 4.98 Å². The van der Waals surface area contributed by atoms with Gasteiger partial charge in [-0.1, -0.05) is 23.7 Å². The number of halogens is 4. The van der Waals surface area contributed by atoms with Crippen molar-refractivity contribution < 1.29 is 13.2 Å². The molecule has 0 aliphatic rings. The van der Waals surface area contributed by atoms with Crippen molar-refractivity contribution in [1.82, 2.24) is 4.98 Å². The molecule has 0 aliphatic heterocycles. The third kappa shape index (κ3) is 3.63. The number of hydrogen-bond donors (Lipinski definition) is 1. The molecule has 0 aliphatic carbocycles. The summed E-state index contributed by atoms with van der Waals surface area (Å²) in [6, 6.07) is 9.50. The molecule has 1 atom stereocenters. The van der Waals surface area contributed by atoms with Crippen LogP contribution in [0.4, 0.5) is 18.9 Å². The highest BCUT2D eigenvalue weighted by molar-refractivity contribution is 6.30. The molecule has 2 nitrogen and oxygen atoms in total. The van der Waals surface area contributed by atoms with E-state index < -0.39 is 11.9 Å². The molecule has 1 aromatic carbocycles. The molecule has 1 N–H and O–H groups in total. The van der Waals surface area contributed by atoms with Crippen molar-refractivity contribution in [3.05, 3.63) is 58.9 Å². The normalized spacial score (nSPS) is 13.1. The lowest BCUT2D eigenvalue weighted by atomic mass is 10.1. The summed E-state index contributed by atoms with van der Waals surface area (Å²) in [6.07, 6.45) is -3.24. The van der Waals surface area contributed by atoms with Crippen molar-refractivity contribution in [2.45, 2.75) is 19.1 Å². The summed E-state index contributed by atoms with van der Waals surface area (Å²) >= 11 is 5.80. The largest absolute Gasteiger partial charge is 0.433 e. The molecule has 0 spiro atoms. The standard InChI is InChI=1S/C14H12ClF3N2/c1-9(10-2-4-11(15)5-3-10)20-12-6-7-13(19-8-12)14(16,17)18/h2-9,20H,1H3. The zero-order chi connectivity index (χ0) is 14.8. The van der Waals surface area contributed by atoms with Gasteiger partial charge in [-0.3, -0.25) is 0 Å². The van der Waals surface area contributed by atoms with Crippen LogP contribution in [0.15, 0.2) is 42.6 Å². The van der Waals surface area contributed by atoms with Crippen LogP contribution in [0.2, 0.25) is 5.02 Å². The number of benzene rings is 1. The molecule has 106 valence electrons. The van der Waals surface area contributed by atoms with E-state index in [9.17, 15) is 13.2 Å². The van der Waals surface area contributed by atoms with Gasteiger partial charge in [-0.2, -0.15) is 13.2 Å². The van der Waals surface area contributed by atoms with Crippen molar-refractivity contribution in [2.75, 3.05) is 5.32 Å². The van der Waals surface area contributed by atoms with Gasteiger partial charge in [0.1, 0.15) is 5.69 Å². The van der Waals surface area contributed by atoms with Crippen LogP contribution in [-0.2, 0) is 6.18 Å². The van der Waals surface area contributed by atoms with Crippen molar-refractivity contribution in [1.29, 1.82) is 0 Å². The second-order valence-corrected chi connectivity index (χ2v) is 4.78. The molecule has 1 aromatic heterocycles. The summed E-state index contributed by atoms with van der Waals surface area (Å²) in [5, 5.41) is 3.72. The Morgan fingerprint density at radius 3 is 2.25 bits per heavy atom. The molecule has 6 heteroatoms. The Morgan fingerprint density at radius 1 is 1.10 bits per heavy atom. The fraction of sp³-hybridized carbons (Fsp3) is 0.214. The quantitative estimate of drug-likeness (QED) is 0.869. The lowest BCUT2D eigenvalue weighted by Crippen LogP contribution is -2.10. The SMILES string of the molecule is CC(Nc1ccc(C(F)(F)F)nc1)c1ccc(Cl)cc1. The summed E-state index contributed by atoms with van der Waals surface area (Å²) < 4.78 is 37.2. The third-order valence-corrected chi connectivity index (χ3v) is 3.06. The molecule has 1 unspecified atom stereocenters. The van der Waals surface area contributed by atoms with E-state index in [4.69, 9.17) is 11.6 Å². The predicted molar refractivity (Wildman–Crippen MR) is 72.7 cm³/mol. The Labute approximate surface area is 119 Å². The molecule has 0 amide bonds. The fourth-order valence-electron chi connectivity index (χ4n) is 1.73. The minimum atomic E-state index is -4.42. The molecule has 0 fully saturated rings. The lowest BCUT2D eigenvalue weighted by molar-refractivity contribution is -0.141. The fourth-order valence-corrected chi connectivity index (χ4v) is 1.86. The van der Waals surface area contributed by atoms with E-state index in [0.717, 1.165) is 11.6 Å². The van der Waals surface area contributed by atoms with Crippen molar-refractivity contribution >= 4 is 17.3 Å². The predicted octanol–water partition coefficient (Wildman–Crippen LogP) is 4.93.